The van der Waals surface area contributed by atoms with Crippen LogP contribution in [0.1, 0.15) is 96.3 Å². The van der Waals surface area contributed by atoms with Gasteiger partial charge in [0.15, 0.2) is 0 Å². The van der Waals surface area contributed by atoms with Gasteiger partial charge in [-0.15, -0.1) is 0 Å². The number of aliphatic carboxylic acids is 1. The molecule has 0 saturated carbocycles. The van der Waals surface area contributed by atoms with Crippen molar-refractivity contribution in [3.05, 3.63) is 0 Å². The minimum atomic E-state index is -0.677. The molecule has 3 N–H and O–H groups in total. The van der Waals surface area contributed by atoms with Crippen molar-refractivity contribution in [2.45, 2.75) is 102 Å². The van der Waals surface area contributed by atoms with E-state index in [0.29, 0.717) is 6.42 Å². The van der Waals surface area contributed by atoms with E-state index in [0.717, 1.165) is 51.9 Å². The predicted molar refractivity (Wildman–Crippen MR) is 108 cm³/mol. The van der Waals surface area contributed by atoms with Gasteiger partial charge in [-0.2, -0.15) is 0 Å². The Hall–Kier alpha value is -1.30. The zero-order valence-corrected chi connectivity index (χ0v) is 17.0. The zero-order valence-electron chi connectivity index (χ0n) is 17.0. The van der Waals surface area contributed by atoms with Gasteiger partial charge >= 0.3 is 12.0 Å². The van der Waals surface area contributed by atoms with E-state index in [9.17, 15) is 9.59 Å². The largest absolute Gasteiger partial charge is 0.481 e. The van der Waals surface area contributed by atoms with Gasteiger partial charge in [0.2, 0.25) is 0 Å². The second-order valence-corrected chi connectivity index (χ2v) is 7.67. The second-order valence-electron chi connectivity index (χ2n) is 7.67. The van der Waals surface area contributed by atoms with E-state index in [2.05, 4.69) is 10.6 Å². The highest BCUT2D eigenvalue weighted by Gasteiger charge is 2.15. The van der Waals surface area contributed by atoms with E-state index in [-0.39, 0.29) is 12.1 Å². The molecule has 0 bridgehead atoms. The first-order chi connectivity index (χ1) is 13.2. The summed E-state index contributed by atoms with van der Waals surface area (Å²) in [6.07, 6.45) is 16.4. The van der Waals surface area contributed by atoms with Crippen LogP contribution >= 0.6 is 0 Å². The SMILES string of the molecule is O=C(O)CCCCCCCCCCCCCCNC(=O)NC1CCOCC1. The van der Waals surface area contributed by atoms with Crippen molar-refractivity contribution in [2.24, 2.45) is 0 Å². The standard InChI is InChI=1S/C21H40N2O4/c24-20(25)13-11-9-7-5-3-1-2-4-6-8-10-12-16-22-21(26)23-19-14-17-27-18-15-19/h19H,1-18H2,(H,24,25)(H2,22,23,26). The first-order valence-corrected chi connectivity index (χ1v) is 11.0. The summed E-state index contributed by atoms with van der Waals surface area (Å²) in [5.74, 6) is -0.677. The topological polar surface area (TPSA) is 87.7 Å². The van der Waals surface area contributed by atoms with E-state index in [1.54, 1.807) is 0 Å². The van der Waals surface area contributed by atoms with E-state index >= 15 is 0 Å². The molecule has 0 radical (unpaired) electrons. The molecule has 27 heavy (non-hydrogen) atoms. The minimum absolute atomic E-state index is 0.0372. The van der Waals surface area contributed by atoms with Crippen LogP contribution in [0.25, 0.3) is 0 Å². The molecule has 0 aliphatic carbocycles. The van der Waals surface area contributed by atoms with Gasteiger partial charge in [-0.25, -0.2) is 4.79 Å². The monoisotopic (exact) mass is 384 g/mol. The Labute approximate surface area is 164 Å². The van der Waals surface area contributed by atoms with Crippen LogP contribution in [-0.4, -0.2) is 42.9 Å². The number of carboxylic acid groups (broad SMARTS) is 1. The van der Waals surface area contributed by atoms with E-state index in [1.165, 1.54) is 57.8 Å². The number of nitrogens with one attached hydrogen (secondary N) is 2. The number of ether oxygens (including phenoxy) is 1. The summed E-state index contributed by atoms with van der Waals surface area (Å²) in [5.41, 5.74) is 0. The van der Waals surface area contributed by atoms with Crippen molar-refractivity contribution in [1.82, 2.24) is 10.6 Å². The van der Waals surface area contributed by atoms with Gasteiger partial charge in [0, 0.05) is 32.2 Å². The lowest BCUT2D eigenvalue weighted by molar-refractivity contribution is -0.137. The van der Waals surface area contributed by atoms with Gasteiger partial charge in [-0.1, -0.05) is 64.2 Å². The lowest BCUT2D eigenvalue weighted by Gasteiger charge is -2.23. The summed E-state index contributed by atoms with van der Waals surface area (Å²) >= 11 is 0. The quantitative estimate of drug-likeness (QED) is 0.339. The van der Waals surface area contributed by atoms with E-state index < -0.39 is 5.97 Å². The van der Waals surface area contributed by atoms with Crippen LogP contribution in [0.2, 0.25) is 0 Å². The average molecular weight is 385 g/mol. The number of carbonyl (C=O) groups excluding carboxylic acids is 1. The van der Waals surface area contributed by atoms with Crippen LogP contribution in [0.4, 0.5) is 4.79 Å². The molecule has 0 atom stereocenters. The molecule has 0 unspecified atom stereocenters. The average Bonchev–Trinajstić information content (AvgIpc) is 2.65. The first-order valence-electron chi connectivity index (χ1n) is 11.0. The highest BCUT2D eigenvalue weighted by molar-refractivity contribution is 5.74. The maximum Gasteiger partial charge on any atom is 0.315 e. The molecule has 0 aromatic carbocycles. The van der Waals surface area contributed by atoms with Gasteiger partial charge in [-0.3, -0.25) is 4.79 Å². The van der Waals surface area contributed by atoms with Crippen molar-refractivity contribution in [3.8, 4) is 0 Å². The fourth-order valence-corrected chi connectivity index (χ4v) is 3.45. The Kier molecular flexibility index (Phi) is 14.8. The number of amides is 2. The molecule has 1 aliphatic heterocycles. The summed E-state index contributed by atoms with van der Waals surface area (Å²) in [6, 6.07) is 0.230. The van der Waals surface area contributed by atoms with Crippen LogP contribution in [0.3, 0.4) is 0 Å². The molecule has 1 heterocycles. The van der Waals surface area contributed by atoms with Gasteiger partial charge in [0.05, 0.1) is 0 Å². The number of unbranched alkanes of at least 4 members (excludes halogenated alkanes) is 11. The Morgan fingerprint density at radius 2 is 1.26 bits per heavy atom. The molecule has 1 saturated heterocycles. The van der Waals surface area contributed by atoms with Crippen molar-refractivity contribution >= 4 is 12.0 Å². The van der Waals surface area contributed by atoms with Crippen LogP contribution in [0.15, 0.2) is 0 Å². The number of urea groups is 1. The van der Waals surface area contributed by atoms with Crippen molar-refractivity contribution in [1.29, 1.82) is 0 Å². The van der Waals surface area contributed by atoms with E-state index in [4.69, 9.17) is 9.84 Å². The van der Waals surface area contributed by atoms with Gasteiger partial charge in [0.1, 0.15) is 0 Å². The van der Waals surface area contributed by atoms with Crippen molar-refractivity contribution in [3.63, 3.8) is 0 Å². The number of carboxylic acids is 1. The molecule has 1 fully saturated rings. The Bertz CT molecular complexity index is 384. The van der Waals surface area contributed by atoms with Crippen LogP contribution in [0.5, 0.6) is 0 Å². The second kappa shape index (κ2) is 16.8. The molecule has 0 spiro atoms. The summed E-state index contributed by atoms with van der Waals surface area (Å²) in [7, 11) is 0. The zero-order chi connectivity index (χ0) is 19.6. The van der Waals surface area contributed by atoms with Gasteiger partial charge < -0.3 is 20.5 Å². The molecule has 2 amide bonds. The van der Waals surface area contributed by atoms with Gasteiger partial charge in [0.25, 0.3) is 0 Å². The van der Waals surface area contributed by atoms with Crippen LogP contribution in [-0.2, 0) is 9.53 Å². The summed E-state index contributed by atoms with van der Waals surface area (Å²) in [4.78, 5) is 22.2. The smallest absolute Gasteiger partial charge is 0.315 e. The van der Waals surface area contributed by atoms with Crippen LogP contribution < -0.4 is 10.6 Å². The Balaban J connectivity index is 1.74. The number of rotatable bonds is 16. The molecule has 1 aliphatic rings. The highest BCUT2D eigenvalue weighted by atomic mass is 16.5. The number of hydrogen-bond acceptors (Lipinski definition) is 3. The van der Waals surface area contributed by atoms with Crippen molar-refractivity contribution < 1.29 is 19.4 Å². The van der Waals surface area contributed by atoms with Gasteiger partial charge in [-0.05, 0) is 25.7 Å². The maximum atomic E-state index is 11.8. The molecule has 0 aromatic rings. The Morgan fingerprint density at radius 1 is 0.778 bits per heavy atom. The third-order valence-electron chi connectivity index (χ3n) is 5.16. The normalized spacial score (nSPS) is 14.8. The number of hydrogen-bond donors (Lipinski definition) is 3. The molecule has 6 nitrogen and oxygen atoms in total. The fourth-order valence-electron chi connectivity index (χ4n) is 3.45. The highest BCUT2D eigenvalue weighted by Crippen LogP contribution is 2.12. The molecule has 6 heteroatoms. The Morgan fingerprint density at radius 3 is 1.78 bits per heavy atom. The molecule has 1 rings (SSSR count). The molecular formula is C21H40N2O4. The molecular weight excluding hydrogens is 344 g/mol. The lowest BCUT2D eigenvalue weighted by atomic mass is 10.0. The summed E-state index contributed by atoms with van der Waals surface area (Å²) in [6.45, 7) is 2.26. The lowest BCUT2D eigenvalue weighted by Crippen LogP contribution is -2.44. The minimum Gasteiger partial charge on any atom is -0.481 e. The van der Waals surface area contributed by atoms with E-state index in [1.807, 2.05) is 0 Å². The summed E-state index contributed by atoms with van der Waals surface area (Å²) < 4.78 is 5.29. The maximum absolute atomic E-state index is 11.8. The third kappa shape index (κ3) is 15.5. The predicted octanol–water partition coefficient (Wildman–Crippen LogP) is 4.62. The molecule has 0 aromatic heterocycles. The van der Waals surface area contributed by atoms with Crippen LogP contribution in [0, 0.1) is 0 Å². The first kappa shape index (κ1) is 23.7. The third-order valence-corrected chi connectivity index (χ3v) is 5.16. The summed E-state index contributed by atoms with van der Waals surface area (Å²) in [5, 5.41) is 14.5. The molecule has 158 valence electrons. The number of carbonyl (C=O) groups is 2. The van der Waals surface area contributed by atoms with Crippen molar-refractivity contribution in [2.75, 3.05) is 19.8 Å². The fraction of sp³-hybridized carbons (Fsp3) is 0.905.